The van der Waals surface area contributed by atoms with Gasteiger partial charge in [-0.25, -0.2) is 12.8 Å². The van der Waals surface area contributed by atoms with Gasteiger partial charge in [-0.3, -0.25) is 19.3 Å². The van der Waals surface area contributed by atoms with Crippen LogP contribution in [0.1, 0.15) is 18.4 Å². The van der Waals surface area contributed by atoms with Crippen LogP contribution in [0.4, 0.5) is 9.18 Å². The zero-order valence-electron chi connectivity index (χ0n) is 14.2. The smallest absolute Gasteiger partial charge is 0.293 e. The van der Waals surface area contributed by atoms with E-state index in [9.17, 15) is 27.2 Å². The standard InChI is InChI=1S/C17H17FN2O5S2/c18-12-3-1-11(2-4-12)9-14-16(22)20(17(23)26-14)7-5-15(21)19-13-6-8-27(24,25)10-13/h1-4,9,13H,5-8,10H2,(H,19,21)/b14-9-. The summed E-state index contributed by atoms with van der Waals surface area (Å²) in [7, 11) is -3.10. The first kappa shape index (κ1) is 19.6. The number of halogens is 1. The second-order valence-electron chi connectivity index (χ2n) is 6.30. The number of thioether (sulfide) groups is 1. The second-order valence-corrected chi connectivity index (χ2v) is 9.52. The molecule has 2 fully saturated rings. The number of amides is 3. The summed E-state index contributed by atoms with van der Waals surface area (Å²) in [5.74, 6) is -1.35. The number of nitrogens with one attached hydrogen (secondary N) is 1. The van der Waals surface area contributed by atoms with Crippen molar-refractivity contribution in [3.05, 3.63) is 40.6 Å². The molecule has 0 bridgehead atoms. The summed E-state index contributed by atoms with van der Waals surface area (Å²) in [5.41, 5.74) is 0.585. The molecule has 0 saturated carbocycles. The molecule has 2 aliphatic heterocycles. The molecule has 0 aromatic heterocycles. The summed E-state index contributed by atoms with van der Waals surface area (Å²) in [6, 6.07) is 5.07. The summed E-state index contributed by atoms with van der Waals surface area (Å²) in [5, 5.41) is 2.14. The lowest BCUT2D eigenvalue weighted by Gasteiger charge is -2.14. The second kappa shape index (κ2) is 7.81. The SMILES string of the molecule is O=C(CCN1C(=O)S/C(=C\c2ccc(F)cc2)C1=O)NC1CCS(=O)(=O)C1. The third-order valence-corrected chi connectivity index (χ3v) is 6.88. The maximum absolute atomic E-state index is 12.9. The van der Waals surface area contributed by atoms with E-state index >= 15 is 0 Å². The summed E-state index contributed by atoms with van der Waals surface area (Å²) < 4.78 is 35.7. The maximum atomic E-state index is 12.9. The van der Waals surface area contributed by atoms with Crippen LogP contribution < -0.4 is 5.32 Å². The number of benzene rings is 1. The van der Waals surface area contributed by atoms with E-state index in [4.69, 9.17) is 0 Å². The summed E-state index contributed by atoms with van der Waals surface area (Å²) in [6.07, 6.45) is 1.77. The number of carbonyl (C=O) groups excluding carboxylic acids is 3. The van der Waals surface area contributed by atoms with E-state index in [1.165, 1.54) is 30.3 Å². The van der Waals surface area contributed by atoms with Gasteiger partial charge in [0.05, 0.1) is 16.4 Å². The fraction of sp³-hybridized carbons (Fsp3) is 0.353. The van der Waals surface area contributed by atoms with Crippen LogP contribution >= 0.6 is 11.8 Å². The van der Waals surface area contributed by atoms with E-state index in [2.05, 4.69) is 5.32 Å². The van der Waals surface area contributed by atoms with Gasteiger partial charge in [-0.2, -0.15) is 0 Å². The van der Waals surface area contributed by atoms with Crippen molar-refractivity contribution >= 4 is 44.7 Å². The Morgan fingerprint density at radius 1 is 1.30 bits per heavy atom. The number of rotatable bonds is 5. The highest BCUT2D eigenvalue weighted by Crippen LogP contribution is 2.32. The minimum Gasteiger partial charge on any atom is -0.352 e. The van der Waals surface area contributed by atoms with Gasteiger partial charge in [0.15, 0.2) is 9.84 Å². The van der Waals surface area contributed by atoms with Crippen LogP contribution in [0.5, 0.6) is 0 Å². The molecule has 10 heteroatoms. The Labute approximate surface area is 159 Å². The highest BCUT2D eigenvalue weighted by molar-refractivity contribution is 8.18. The Kier molecular flexibility index (Phi) is 5.66. The molecule has 0 spiro atoms. The largest absolute Gasteiger partial charge is 0.352 e. The van der Waals surface area contributed by atoms with Crippen molar-refractivity contribution in [3.63, 3.8) is 0 Å². The molecule has 0 aliphatic carbocycles. The van der Waals surface area contributed by atoms with Crippen molar-refractivity contribution in [2.75, 3.05) is 18.1 Å². The lowest BCUT2D eigenvalue weighted by atomic mass is 10.2. The first-order valence-corrected chi connectivity index (χ1v) is 10.9. The maximum Gasteiger partial charge on any atom is 0.293 e. The van der Waals surface area contributed by atoms with Gasteiger partial charge in [0, 0.05) is 19.0 Å². The average Bonchev–Trinajstić information content (AvgIpc) is 3.07. The monoisotopic (exact) mass is 412 g/mol. The minimum atomic E-state index is -3.10. The predicted octanol–water partition coefficient (Wildman–Crippen LogP) is 1.56. The number of hydrogen-bond donors (Lipinski definition) is 1. The highest BCUT2D eigenvalue weighted by Gasteiger charge is 2.35. The van der Waals surface area contributed by atoms with Gasteiger partial charge in [0.1, 0.15) is 5.82 Å². The van der Waals surface area contributed by atoms with Crippen LogP contribution in [0, 0.1) is 5.82 Å². The number of carbonyl (C=O) groups is 3. The Balaban J connectivity index is 1.56. The van der Waals surface area contributed by atoms with Crippen LogP contribution in [0.3, 0.4) is 0 Å². The third-order valence-electron chi connectivity index (χ3n) is 4.20. The lowest BCUT2D eigenvalue weighted by Crippen LogP contribution is -2.38. The van der Waals surface area contributed by atoms with E-state index in [0.717, 1.165) is 16.7 Å². The number of sulfone groups is 1. The van der Waals surface area contributed by atoms with Crippen LogP contribution in [0.25, 0.3) is 6.08 Å². The van der Waals surface area contributed by atoms with E-state index in [1.54, 1.807) is 0 Å². The van der Waals surface area contributed by atoms with Crippen LogP contribution in [0.15, 0.2) is 29.2 Å². The molecule has 1 atom stereocenters. The molecule has 144 valence electrons. The predicted molar refractivity (Wildman–Crippen MR) is 98.9 cm³/mol. The number of hydrogen-bond acceptors (Lipinski definition) is 6. The highest BCUT2D eigenvalue weighted by atomic mass is 32.2. The van der Waals surface area contributed by atoms with Crippen molar-refractivity contribution in [2.45, 2.75) is 18.9 Å². The molecule has 3 rings (SSSR count). The summed E-state index contributed by atoms with van der Waals surface area (Å²) in [6.45, 7) is -0.0866. The molecule has 1 unspecified atom stereocenters. The first-order chi connectivity index (χ1) is 12.7. The van der Waals surface area contributed by atoms with Gasteiger partial charge in [0.2, 0.25) is 5.91 Å². The quantitative estimate of drug-likeness (QED) is 0.737. The molecule has 27 heavy (non-hydrogen) atoms. The Morgan fingerprint density at radius 3 is 2.63 bits per heavy atom. The Bertz CT molecular complexity index is 912. The molecule has 2 aliphatic rings. The molecular formula is C17H17FN2O5S2. The first-order valence-electron chi connectivity index (χ1n) is 8.24. The van der Waals surface area contributed by atoms with E-state index < -0.39 is 38.7 Å². The van der Waals surface area contributed by atoms with Crippen LogP contribution in [-0.2, 0) is 19.4 Å². The van der Waals surface area contributed by atoms with Gasteiger partial charge >= 0.3 is 0 Å². The molecular weight excluding hydrogens is 395 g/mol. The van der Waals surface area contributed by atoms with Crippen molar-refractivity contribution in [1.82, 2.24) is 10.2 Å². The molecule has 3 amide bonds. The fourth-order valence-electron chi connectivity index (χ4n) is 2.83. The lowest BCUT2D eigenvalue weighted by molar-refractivity contribution is -0.124. The molecule has 1 aromatic carbocycles. The van der Waals surface area contributed by atoms with Crippen molar-refractivity contribution in [2.24, 2.45) is 0 Å². The molecule has 2 heterocycles. The molecule has 0 radical (unpaired) electrons. The number of nitrogens with zero attached hydrogens (tertiary/aromatic N) is 1. The van der Waals surface area contributed by atoms with Gasteiger partial charge in [-0.1, -0.05) is 12.1 Å². The summed E-state index contributed by atoms with van der Waals surface area (Å²) >= 11 is 0.759. The molecule has 1 N–H and O–H groups in total. The molecule has 1 aromatic rings. The van der Waals surface area contributed by atoms with Crippen LogP contribution in [-0.4, -0.2) is 54.5 Å². The molecule has 2 saturated heterocycles. The minimum absolute atomic E-state index is 0.0508. The topological polar surface area (TPSA) is 101 Å². The van der Waals surface area contributed by atoms with E-state index in [1.807, 2.05) is 0 Å². The summed E-state index contributed by atoms with van der Waals surface area (Å²) in [4.78, 5) is 37.6. The zero-order chi connectivity index (χ0) is 19.6. The third kappa shape index (κ3) is 4.95. The van der Waals surface area contributed by atoms with Gasteiger partial charge < -0.3 is 5.32 Å². The van der Waals surface area contributed by atoms with Crippen LogP contribution in [0.2, 0.25) is 0 Å². The average molecular weight is 412 g/mol. The van der Waals surface area contributed by atoms with E-state index in [0.29, 0.717) is 12.0 Å². The molecule has 7 nitrogen and oxygen atoms in total. The van der Waals surface area contributed by atoms with Crippen molar-refractivity contribution in [3.8, 4) is 0 Å². The number of imide groups is 1. The Morgan fingerprint density at radius 2 is 2.00 bits per heavy atom. The zero-order valence-corrected chi connectivity index (χ0v) is 15.8. The fourth-order valence-corrected chi connectivity index (χ4v) is 5.36. The van der Waals surface area contributed by atoms with Gasteiger partial charge in [-0.15, -0.1) is 0 Å². The van der Waals surface area contributed by atoms with Crippen molar-refractivity contribution in [1.29, 1.82) is 0 Å². The van der Waals surface area contributed by atoms with Crippen molar-refractivity contribution < 1.29 is 27.2 Å². The normalized spacial score (nSPS) is 23.2. The Hall–Kier alpha value is -2.20. The van der Waals surface area contributed by atoms with Gasteiger partial charge in [-0.05, 0) is 42.0 Å². The van der Waals surface area contributed by atoms with Gasteiger partial charge in [0.25, 0.3) is 11.1 Å². The van der Waals surface area contributed by atoms with E-state index in [-0.39, 0.29) is 29.4 Å².